The molecule has 3 rings (SSSR count). The van der Waals surface area contributed by atoms with Crippen LogP contribution in [0, 0.1) is 18.7 Å². The molecule has 0 amide bonds. The molecule has 2 fully saturated rings. The number of benzene rings is 1. The van der Waals surface area contributed by atoms with Gasteiger partial charge in [0.25, 0.3) is 0 Å². The first-order valence-electron chi connectivity index (χ1n) is 7.59. The highest BCUT2D eigenvalue weighted by Gasteiger charge is 2.32. The van der Waals surface area contributed by atoms with E-state index in [4.69, 9.17) is 0 Å². The van der Waals surface area contributed by atoms with Crippen LogP contribution >= 0.6 is 24.8 Å². The number of nitrogens with zero attached hydrogens (tertiary/aromatic N) is 1. The first-order chi connectivity index (χ1) is 9.65. The molecule has 3 nitrogen and oxygen atoms in total. The molecule has 1 aromatic rings. The lowest BCUT2D eigenvalue weighted by atomic mass is 9.96. The molecular weight excluding hydrogens is 326 g/mol. The first-order valence-corrected chi connectivity index (χ1v) is 7.59. The van der Waals surface area contributed by atoms with Gasteiger partial charge in [-0.15, -0.1) is 24.8 Å². The maximum atomic E-state index is 13.8. The van der Waals surface area contributed by atoms with Crippen LogP contribution in [0.4, 0.5) is 4.39 Å². The topological polar surface area (TPSA) is 35.5 Å². The molecule has 1 aromatic carbocycles. The predicted molar refractivity (Wildman–Crippen MR) is 91.8 cm³/mol. The van der Waals surface area contributed by atoms with Crippen LogP contribution in [0.2, 0.25) is 0 Å². The van der Waals surface area contributed by atoms with Crippen molar-refractivity contribution in [3.05, 3.63) is 29.1 Å². The Hall–Kier alpha value is -0.550. The van der Waals surface area contributed by atoms with Crippen LogP contribution in [0.3, 0.4) is 0 Å². The largest absolute Gasteiger partial charge is 0.505 e. The molecule has 2 N–H and O–H groups in total. The lowest BCUT2D eigenvalue weighted by Crippen LogP contribution is -2.45. The summed E-state index contributed by atoms with van der Waals surface area (Å²) in [7, 11) is 0. The molecule has 6 heteroatoms. The molecule has 0 bridgehead atoms. The Balaban J connectivity index is 0.00000121. The summed E-state index contributed by atoms with van der Waals surface area (Å²) in [5.74, 6) is 0.105. The van der Waals surface area contributed by atoms with E-state index in [0.29, 0.717) is 0 Å². The molecule has 1 atom stereocenters. The minimum atomic E-state index is -0.490. The second-order valence-electron chi connectivity index (χ2n) is 6.17. The van der Waals surface area contributed by atoms with E-state index in [9.17, 15) is 9.50 Å². The SMILES string of the molecule is Cc1cc(F)c(O)c([C@@H](CC2CC2)N2CCNCC2)c1.Cl.Cl. The summed E-state index contributed by atoms with van der Waals surface area (Å²) >= 11 is 0. The number of hydrogen-bond acceptors (Lipinski definition) is 3. The van der Waals surface area contributed by atoms with Crippen molar-refractivity contribution in [1.29, 1.82) is 0 Å². The molecule has 0 aromatic heterocycles. The lowest BCUT2D eigenvalue weighted by molar-refractivity contribution is 0.157. The molecule has 126 valence electrons. The van der Waals surface area contributed by atoms with E-state index < -0.39 is 5.82 Å². The van der Waals surface area contributed by atoms with Gasteiger partial charge in [0.2, 0.25) is 0 Å². The van der Waals surface area contributed by atoms with Crippen LogP contribution in [0.5, 0.6) is 5.75 Å². The molecular formula is C16H25Cl2FN2O. The van der Waals surface area contributed by atoms with Crippen molar-refractivity contribution < 1.29 is 9.50 Å². The van der Waals surface area contributed by atoms with E-state index in [2.05, 4.69) is 10.2 Å². The van der Waals surface area contributed by atoms with Gasteiger partial charge in [-0.3, -0.25) is 4.90 Å². The van der Waals surface area contributed by atoms with Gasteiger partial charge in [0.1, 0.15) is 0 Å². The summed E-state index contributed by atoms with van der Waals surface area (Å²) in [5, 5.41) is 13.5. The van der Waals surface area contributed by atoms with Gasteiger partial charge >= 0.3 is 0 Å². The number of aromatic hydroxyl groups is 1. The minimum Gasteiger partial charge on any atom is -0.505 e. The molecule has 1 aliphatic heterocycles. The number of nitrogens with one attached hydrogen (secondary N) is 1. The van der Waals surface area contributed by atoms with Crippen LogP contribution in [0.1, 0.15) is 36.4 Å². The van der Waals surface area contributed by atoms with E-state index >= 15 is 0 Å². The average Bonchev–Trinajstić information content (AvgIpc) is 3.25. The second kappa shape index (κ2) is 8.34. The fourth-order valence-electron chi connectivity index (χ4n) is 3.15. The Morgan fingerprint density at radius 2 is 1.91 bits per heavy atom. The lowest BCUT2D eigenvalue weighted by Gasteiger charge is -2.35. The third kappa shape index (κ3) is 4.48. The molecule has 1 heterocycles. The van der Waals surface area contributed by atoms with E-state index in [1.54, 1.807) is 0 Å². The molecule has 0 unspecified atom stereocenters. The Kier molecular flexibility index (Phi) is 7.39. The second-order valence-corrected chi connectivity index (χ2v) is 6.17. The van der Waals surface area contributed by atoms with Gasteiger partial charge in [0.15, 0.2) is 11.6 Å². The number of phenols is 1. The van der Waals surface area contributed by atoms with E-state index in [1.165, 1.54) is 18.9 Å². The molecule has 0 radical (unpaired) electrons. The Labute approximate surface area is 144 Å². The quantitative estimate of drug-likeness (QED) is 0.873. The summed E-state index contributed by atoms with van der Waals surface area (Å²) in [5.41, 5.74) is 1.66. The summed E-state index contributed by atoms with van der Waals surface area (Å²) in [6, 6.07) is 3.51. The molecule has 0 spiro atoms. The first kappa shape index (κ1) is 19.5. The Bertz CT molecular complexity index is 491. The Morgan fingerprint density at radius 1 is 1.27 bits per heavy atom. The molecule has 2 aliphatic rings. The number of rotatable bonds is 4. The highest BCUT2D eigenvalue weighted by molar-refractivity contribution is 5.85. The van der Waals surface area contributed by atoms with Crippen LogP contribution in [-0.2, 0) is 0 Å². The average molecular weight is 351 g/mol. The van der Waals surface area contributed by atoms with E-state index in [-0.39, 0.29) is 36.6 Å². The number of piperazine rings is 1. The van der Waals surface area contributed by atoms with Gasteiger partial charge in [0, 0.05) is 37.8 Å². The van der Waals surface area contributed by atoms with Crippen LogP contribution in [0.15, 0.2) is 12.1 Å². The van der Waals surface area contributed by atoms with Gasteiger partial charge < -0.3 is 10.4 Å². The van der Waals surface area contributed by atoms with E-state index in [1.807, 2.05) is 13.0 Å². The van der Waals surface area contributed by atoms with Crippen molar-refractivity contribution in [3.63, 3.8) is 0 Å². The Morgan fingerprint density at radius 3 is 2.50 bits per heavy atom. The van der Waals surface area contributed by atoms with Gasteiger partial charge in [0.05, 0.1) is 0 Å². The number of aryl methyl sites for hydroxylation is 1. The zero-order valence-corrected chi connectivity index (χ0v) is 14.5. The van der Waals surface area contributed by atoms with Crippen LogP contribution in [-0.4, -0.2) is 36.2 Å². The maximum Gasteiger partial charge on any atom is 0.165 e. The van der Waals surface area contributed by atoms with Crippen LogP contribution < -0.4 is 5.32 Å². The van der Waals surface area contributed by atoms with Crippen molar-refractivity contribution in [3.8, 4) is 5.75 Å². The number of halogens is 3. The third-order valence-corrected chi connectivity index (χ3v) is 4.44. The zero-order chi connectivity index (χ0) is 14.1. The van der Waals surface area contributed by atoms with Crippen molar-refractivity contribution in [2.24, 2.45) is 5.92 Å². The maximum absolute atomic E-state index is 13.8. The summed E-state index contributed by atoms with van der Waals surface area (Å²) in [6.45, 7) is 5.75. The monoisotopic (exact) mass is 350 g/mol. The minimum absolute atomic E-state index is 0. The van der Waals surface area contributed by atoms with E-state index in [0.717, 1.165) is 49.6 Å². The molecule has 1 saturated heterocycles. The van der Waals surface area contributed by atoms with Gasteiger partial charge in [-0.1, -0.05) is 18.9 Å². The molecule has 1 aliphatic carbocycles. The third-order valence-electron chi connectivity index (χ3n) is 4.44. The number of hydrogen-bond donors (Lipinski definition) is 2. The van der Waals surface area contributed by atoms with Crippen molar-refractivity contribution in [2.75, 3.05) is 26.2 Å². The van der Waals surface area contributed by atoms with Gasteiger partial charge in [-0.25, -0.2) is 4.39 Å². The van der Waals surface area contributed by atoms with Crippen molar-refractivity contribution in [1.82, 2.24) is 10.2 Å². The van der Waals surface area contributed by atoms with Crippen molar-refractivity contribution in [2.45, 2.75) is 32.2 Å². The van der Waals surface area contributed by atoms with Gasteiger partial charge in [-0.05, 0) is 30.9 Å². The molecule has 22 heavy (non-hydrogen) atoms. The van der Waals surface area contributed by atoms with Crippen LogP contribution in [0.25, 0.3) is 0 Å². The summed E-state index contributed by atoms with van der Waals surface area (Å²) in [4.78, 5) is 2.39. The summed E-state index contributed by atoms with van der Waals surface area (Å²) < 4.78 is 13.8. The fourth-order valence-corrected chi connectivity index (χ4v) is 3.15. The number of phenolic OH excluding ortho intramolecular Hbond substituents is 1. The zero-order valence-electron chi connectivity index (χ0n) is 12.8. The standard InChI is InChI=1S/C16H23FN2O.2ClH/c1-11-8-13(16(20)14(17)9-11)15(10-12-2-3-12)19-6-4-18-5-7-19;;/h8-9,12,15,18,20H,2-7,10H2,1H3;2*1H/t15-;;/m1../s1. The van der Waals surface area contributed by atoms with Gasteiger partial charge in [-0.2, -0.15) is 0 Å². The van der Waals surface area contributed by atoms with Crippen molar-refractivity contribution >= 4 is 24.8 Å². The highest BCUT2D eigenvalue weighted by Crippen LogP contribution is 2.43. The molecule has 1 saturated carbocycles. The normalized spacial score (nSPS) is 19.9. The summed E-state index contributed by atoms with van der Waals surface area (Å²) in [6.07, 6.45) is 3.59. The predicted octanol–water partition coefficient (Wildman–Crippen LogP) is 3.43. The highest BCUT2D eigenvalue weighted by atomic mass is 35.5. The fraction of sp³-hybridized carbons (Fsp3) is 0.625. The smallest absolute Gasteiger partial charge is 0.165 e.